The van der Waals surface area contributed by atoms with Crippen molar-refractivity contribution < 1.29 is 4.79 Å². The SMILES string of the molecule is CNCCC(=O)Nc1cccc2[nH]cnc12. The van der Waals surface area contributed by atoms with Crippen LogP contribution in [0.5, 0.6) is 0 Å². The van der Waals surface area contributed by atoms with Gasteiger partial charge in [0.2, 0.25) is 5.91 Å². The van der Waals surface area contributed by atoms with Crippen LogP contribution in [-0.2, 0) is 4.79 Å². The molecule has 84 valence electrons. The number of anilines is 1. The molecular formula is C11H14N4O. The molecule has 2 aromatic rings. The van der Waals surface area contributed by atoms with Crippen molar-refractivity contribution in [1.29, 1.82) is 0 Å². The van der Waals surface area contributed by atoms with Gasteiger partial charge in [-0.3, -0.25) is 4.79 Å². The second-order valence-electron chi connectivity index (χ2n) is 3.51. The largest absolute Gasteiger partial charge is 0.345 e. The lowest BCUT2D eigenvalue weighted by Crippen LogP contribution is -2.18. The number of nitrogens with zero attached hydrogens (tertiary/aromatic N) is 1. The maximum atomic E-state index is 11.5. The number of para-hydroxylation sites is 1. The number of fused-ring (bicyclic) bond motifs is 1. The fraction of sp³-hybridized carbons (Fsp3) is 0.273. The third-order valence-electron chi connectivity index (χ3n) is 2.33. The van der Waals surface area contributed by atoms with Gasteiger partial charge in [-0.2, -0.15) is 0 Å². The Bertz CT molecular complexity index is 491. The predicted octanol–water partition coefficient (Wildman–Crippen LogP) is 1.11. The Morgan fingerprint density at radius 1 is 1.50 bits per heavy atom. The Hall–Kier alpha value is -1.88. The monoisotopic (exact) mass is 218 g/mol. The van der Waals surface area contributed by atoms with Gasteiger partial charge in [-0.1, -0.05) is 6.07 Å². The highest BCUT2D eigenvalue weighted by Gasteiger charge is 2.06. The summed E-state index contributed by atoms with van der Waals surface area (Å²) in [6, 6.07) is 5.65. The van der Waals surface area contributed by atoms with Gasteiger partial charge < -0.3 is 15.6 Å². The van der Waals surface area contributed by atoms with E-state index in [9.17, 15) is 4.79 Å². The number of amides is 1. The maximum Gasteiger partial charge on any atom is 0.225 e. The van der Waals surface area contributed by atoms with Gasteiger partial charge >= 0.3 is 0 Å². The number of carbonyl (C=O) groups excluding carboxylic acids is 1. The number of hydrogen-bond acceptors (Lipinski definition) is 3. The molecule has 3 N–H and O–H groups in total. The first-order valence-corrected chi connectivity index (χ1v) is 5.18. The lowest BCUT2D eigenvalue weighted by atomic mass is 10.2. The molecular weight excluding hydrogens is 204 g/mol. The van der Waals surface area contributed by atoms with E-state index in [2.05, 4.69) is 20.6 Å². The highest BCUT2D eigenvalue weighted by Crippen LogP contribution is 2.19. The molecule has 0 aliphatic rings. The molecule has 0 spiro atoms. The molecule has 0 aliphatic carbocycles. The maximum absolute atomic E-state index is 11.5. The number of aromatic nitrogens is 2. The van der Waals surface area contributed by atoms with Gasteiger partial charge in [-0.05, 0) is 19.2 Å². The van der Waals surface area contributed by atoms with Crippen LogP contribution in [-0.4, -0.2) is 29.5 Å². The Balaban J connectivity index is 2.14. The number of rotatable bonds is 4. The van der Waals surface area contributed by atoms with E-state index in [1.807, 2.05) is 25.2 Å². The Kier molecular flexibility index (Phi) is 3.16. The Morgan fingerprint density at radius 3 is 3.19 bits per heavy atom. The Labute approximate surface area is 93.3 Å². The number of nitrogens with one attached hydrogen (secondary N) is 3. The van der Waals surface area contributed by atoms with Gasteiger partial charge in [0.15, 0.2) is 0 Å². The zero-order valence-corrected chi connectivity index (χ0v) is 9.08. The first-order chi connectivity index (χ1) is 7.81. The Morgan fingerprint density at radius 2 is 2.38 bits per heavy atom. The minimum atomic E-state index is -0.00940. The van der Waals surface area contributed by atoms with Crippen molar-refractivity contribution in [2.75, 3.05) is 18.9 Å². The molecule has 0 radical (unpaired) electrons. The molecule has 1 heterocycles. The molecule has 0 aliphatic heterocycles. The third kappa shape index (κ3) is 2.20. The van der Waals surface area contributed by atoms with Gasteiger partial charge in [-0.15, -0.1) is 0 Å². The van der Waals surface area contributed by atoms with E-state index in [-0.39, 0.29) is 5.91 Å². The molecule has 0 atom stereocenters. The smallest absolute Gasteiger partial charge is 0.225 e. The number of carbonyl (C=O) groups is 1. The molecule has 5 heteroatoms. The normalized spacial score (nSPS) is 10.6. The van der Waals surface area contributed by atoms with Crippen LogP contribution >= 0.6 is 0 Å². The summed E-state index contributed by atoms with van der Waals surface area (Å²) < 4.78 is 0. The van der Waals surface area contributed by atoms with E-state index in [1.54, 1.807) is 6.33 Å². The number of imidazole rings is 1. The number of benzene rings is 1. The fourth-order valence-corrected chi connectivity index (χ4v) is 1.52. The molecule has 16 heavy (non-hydrogen) atoms. The predicted molar refractivity (Wildman–Crippen MR) is 63.3 cm³/mol. The lowest BCUT2D eigenvalue weighted by molar-refractivity contribution is -0.116. The van der Waals surface area contributed by atoms with Crippen LogP contribution in [0.1, 0.15) is 6.42 Å². The average molecular weight is 218 g/mol. The second-order valence-corrected chi connectivity index (χ2v) is 3.51. The molecule has 0 unspecified atom stereocenters. The van der Waals surface area contributed by atoms with Gasteiger partial charge in [0.25, 0.3) is 0 Å². The summed E-state index contributed by atoms with van der Waals surface area (Å²) in [5.74, 6) is -0.00940. The molecule has 0 saturated heterocycles. The molecule has 1 aromatic heterocycles. The quantitative estimate of drug-likeness (QED) is 0.720. The van der Waals surface area contributed by atoms with Crippen molar-refractivity contribution in [3.8, 4) is 0 Å². The van der Waals surface area contributed by atoms with Crippen LogP contribution in [0.3, 0.4) is 0 Å². The molecule has 1 aromatic carbocycles. The van der Waals surface area contributed by atoms with E-state index in [0.717, 1.165) is 16.7 Å². The summed E-state index contributed by atoms with van der Waals surface area (Å²) in [5.41, 5.74) is 2.46. The summed E-state index contributed by atoms with van der Waals surface area (Å²) in [7, 11) is 1.82. The number of hydrogen-bond donors (Lipinski definition) is 3. The van der Waals surface area contributed by atoms with Gasteiger partial charge in [-0.25, -0.2) is 4.98 Å². The van der Waals surface area contributed by atoms with Crippen LogP contribution in [0.25, 0.3) is 11.0 Å². The topological polar surface area (TPSA) is 69.8 Å². The van der Waals surface area contributed by atoms with Gasteiger partial charge in [0.1, 0.15) is 5.52 Å². The number of aromatic amines is 1. The third-order valence-corrected chi connectivity index (χ3v) is 2.33. The fourth-order valence-electron chi connectivity index (χ4n) is 1.52. The van der Waals surface area contributed by atoms with E-state index in [1.165, 1.54) is 0 Å². The summed E-state index contributed by atoms with van der Waals surface area (Å²) in [5, 5.41) is 5.78. The molecule has 1 amide bonds. The standard InChI is InChI=1S/C11H14N4O/c1-12-6-5-10(16)15-9-4-2-3-8-11(9)14-7-13-8/h2-4,7,12H,5-6H2,1H3,(H,13,14)(H,15,16). The second kappa shape index (κ2) is 4.76. The van der Waals surface area contributed by atoms with Crippen molar-refractivity contribution in [2.24, 2.45) is 0 Å². The molecule has 0 fully saturated rings. The molecule has 2 rings (SSSR count). The van der Waals surface area contributed by atoms with Crippen LogP contribution in [0.4, 0.5) is 5.69 Å². The summed E-state index contributed by atoms with van der Waals surface area (Å²) in [6.07, 6.45) is 2.07. The summed E-state index contributed by atoms with van der Waals surface area (Å²) in [4.78, 5) is 18.7. The first kappa shape index (κ1) is 10.6. The van der Waals surface area contributed by atoms with Crippen LogP contribution in [0.15, 0.2) is 24.5 Å². The van der Waals surface area contributed by atoms with Crippen molar-refractivity contribution in [3.63, 3.8) is 0 Å². The first-order valence-electron chi connectivity index (χ1n) is 5.18. The van der Waals surface area contributed by atoms with Crippen LogP contribution < -0.4 is 10.6 Å². The molecule has 0 saturated carbocycles. The van der Waals surface area contributed by atoms with E-state index in [0.29, 0.717) is 13.0 Å². The summed E-state index contributed by atoms with van der Waals surface area (Å²) in [6.45, 7) is 0.669. The highest BCUT2D eigenvalue weighted by atomic mass is 16.1. The van der Waals surface area contributed by atoms with Crippen LogP contribution in [0.2, 0.25) is 0 Å². The van der Waals surface area contributed by atoms with E-state index in [4.69, 9.17) is 0 Å². The molecule has 5 nitrogen and oxygen atoms in total. The average Bonchev–Trinajstić information content (AvgIpc) is 2.75. The number of H-pyrrole nitrogens is 1. The van der Waals surface area contributed by atoms with Gasteiger partial charge in [0.05, 0.1) is 17.5 Å². The lowest BCUT2D eigenvalue weighted by Gasteiger charge is -2.05. The van der Waals surface area contributed by atoms with Crippen molar-refractivity contribution in [1.82, 2.24) is 15.3 Å². The van der Waals surface area contributed by atoms with E-state index >= 15 is 0 Å². The zero-order chi connectivity index (χ0) is 11.4. The highest BCUT2D eigenvalue weighted by molar-refractivity contribution is 5.99. The van der Waals surface area contributed by atoms with Crippen molar-refractivity contribution in [3.05, 3.63) is 24.5 Å². The van der Waals surface area contributed by atoms with Crippen molar-refractivity contribution >= 4 is 22.6 Å². The van der Waals surface area contributed by atoms with Crippen molar-refractivity contribution in [2.45, 2.75) is 6.42 Å². The summed E-state index contributed by atoms with van der Waals surface area (Å²) >= 11 is 0. The molecule has 0 bridgehead atoms. The van der Waals surface area contributed by atoms with E-state index < -0.39 is 0 Å². The van der Waals surface area contributed by atoms with Crippen LogP contribution in [0, 0.1) is 0 Å². The zero-order valence-electron chi connectivity index (χ0n) is 9.08. The minimum Gasteiger partial charge on any atom is -0.345 e. The van der Waals surface area contributed by atoms with Gasteiger partial charge in [0, 0.05) is 13.0 Å². The minimum absolute atomic E-state index is 0.00940.